The smallest absolute Gasteiger partial charge is 0.271 e. The number of amides is 1. The van der Waals surface area contributed by atoms with Gasteiger partial charge in [0.1, 0.15) is 5.69 Å². The molecule has 1 unspecified atom stereocenters. The van der Waals surface area contributed by atoms with Gasteiger partial charge in [0.2, 0.25) is 0 Å². The number of nitrogens with zero attached hydrogens (tertiary/aromatic N) is 2. The van der Waals surface area contributed by atoms with Crippen molar-refractivity contribution in [3.8, 4) is 0 Å². The van der Waals surface area contributed by atoms with Gasteiger partial charge in [0.25, 0.3) is 5.91 Å². The Morgan fingerprint density at radius 1 is 1.42 bits per heavy atom. The normalized spacial score (nSPS) is 12.2. The summed E-state index contributed by atoms with van der Waals surface area (Å²) in [4.78, 5) is 11.6. The summed E-state index contributed by atoms with van der Waals surface area (Å²) in [6.07, 6.45) is 0. The number of benzene rings is 1. The summed E-state index contributed by atoms with van der Waals surface area (Å²) in [5.41, 5.74) is 2.42. The predicted octanol–water partition coefficient (Wildman–Crippen LogP) is 2.81. The molecule has 1 atom stereocenters. The van der Waals surface area contributed by atoms with E-state index in [1.54, 1.807) is 13.1 Å². The van der Waals surface area contributed by atoms with Gasteiger partial charge in [-0.1, -0.05) is 23.7 Å². The molecule has 0 bridgehead atoms. The van der Waals surface area contributed by atoms with Crippen molar-refractivity contribution in [3.05, 3.63) is 52.3 Å². The standard InChI is InChI=1S/C14H16ClN3O/c1-9-7-13(14(19)16-3)17-18(9)10(2)11-5-4-6-12(15)8-11/h4-8,10H,1-3H3,(H,16,19). The molecular formula is C14H16ClN3O. The minimum atomic E-state index is -0.180. The van der Waals surface area contributed by atoms with Crippen LogP contribution in [-0.4, -0.2) is 22.7 Å². The number of carbonyl (C=O) groups is 1. The zero-order valence-electron chi connectivity index (χ0n) is 11.1. The first-order chi connectivity index (χ1) is 9.02. The highest BCUT2D eigenvalue weighted by Gasteiger charge is 2.16. The molecule has 1 aromatic carbocycles. The highest BCUT2D eigenvalue weighted by molar-refractivity contribution is 6.30. The molecule has 4 nitrogen and oxygen atoms in total. The number of carbonyl (C=O) groups excluding carboxylic acids is 1. The van der Waals surface area contributed by atoms with Gasteiger partial charge in [-0.25, -0.2) is 0 Å². The summed E-state index contributed by atoms with van der Waals surface area (Å²) in [5, 5.41) is 7.62. The first kappa shape index (κ1) is 13.6. The van der Waals surface area contributed by atoms with E-state index in [-0.39, 0.29) is 11.9 Å². The summed E-state index contributed by atoms with van der Waals surface area (Å²) < 4.78 is 1.83. The Hall–Kier alpha value is -1.81. The van der Waals surface area contributed by atoms with E-state index < -0.39 is 0 Å². The van der Waals surface area contributed by atoms with Crippen LogP contribution < -0.4 is 5.32 Å². The van der Waals surface area contributed by atoms with Crippen molar-refractivity contribution in [1.29, 1.82) is 0 Å². The van der Waals surface area contributed by atoms with Crippen LogP contribution in [0.5, 0.6) is 0 Å². The Morgan fingerprint density at radius 3 is 2.79 bits per heavy atom. The topological polar surface area (TPSA) is 46.9 Å². The number of aromatic nitrogens is 2. The molecule has 0 spiro atoms. The second-order valence-corrected chi connectivity index (χ2v) is 4.86. The molecule has 5 heteroatoms. The predicted molar refractivity (Wildman–Crippen MR) is 75.6 cm³/mol. The SMILES string of the molecule is CNC(=O)c1cc(C)n(C(C)c2cccc(Cl)c2)n1. The van der Waals surface area contributed by atoms with Crippen molar-refractivity contribution in [2.75, 3.05) is 7.05 Å². The summed E-state index contributed by atoms with van der Waals surface area (Å²) >= 11 is 6.00. The molecule has 19 heavy (non-hydrogen) atoms. The van der Waals surface area contributed by atoms with E-state index in [4.69, 9.17) is 11.6 Å². The molecule has 100 valence electrons. The van der Waals surface area contributed by atoms with E-state index >= 15 is 0 Å². The Bertz CT molecular complexity index is 606. The van der Waals surface area contributed by atoms with Gasteiger partial charge in [-0.05, 0) is 37.6 Å². The van der Waals surface area contributed by atoms with Crippen LogP contribution >= 0.6 is 11.6 Å². The van der Waals surface area contributed by atoms with Gasteiger partial charge in [0.05, 0.1) is 6.04 Å². The monoisotopic (exact) mass is 277 g/mol. The molecule has 0 saturated carbocycles. The number of aryl methyl sites for hydroxylation is 1. The van der Waals surface area contributed by atoms with Crippen LogP contribution in [0.1, 0.15) is 34.7 Å². The van der Waals surface area contributed by atoms with E-state index in [9.17, 15) is 4.79 Å². The quantitative estimate of drug-likeness (QED) is 0.938. The fraction of sp³-hybridized carbons (Fsp3) is 0.286. The molecule has 0 fully saturated rings. The summed E-state index contributed by atoms with van der Waals surface area (Å²) in [5.74, 6) is -0.180. The number of halogens is 1. The third-order valence-electron chi connectivity index (χ3n) is 3.08. The zero-order chi connectivity index (χ0) is 14.0. The molecule has 1 N–H and O–H groups in total. The van der Waals surface area contributed by atoms with Gasteiger partial charge < -0.3 is 5.32 Å². The minimum Gasteiger partial charge on any atom is -0.354 e. The molecule has 1 amide bonds. The van der Waals surface area contributed by atoms with Gasteiger partial charge in [0, 0.05) is 17.8 Å². The van der Waals surface area contributed by atoms with Crippen LogP contribution in [-0.2, 0) is 0 Å². The third-order valence-corrected chi connectivity index (χ3v) is 3.32. The van der Waals surface area contributed by atoms with Crippen LogP contribution in [0, 0.1) is 6.92 Å². The molecule has 2 rings (SSSR count). The number of hydrogen-bond acceptors (Lipinski definition) is 2. The van der Waals surface area contributed by atoms with Gasteiger partial charge >= 0.3 is 0 Å². The van der Waals surface area contributed by atoms with Crippen LogP contribution in [0.15, 0.2) is 30.3 Å². The van der Waals surface area contributed by atoms with Gasteiger partial charge in [-0.15, -0.1) is 0 Å². The molecular weight excluding hydrogens is 262 g/mol. The Morgan fingerprint density at radius 2 is 2.16 bits per heavy atom. The minimum absolute atomic E-state index is 0.0251. The zero-order valence-corrected chi connectivity index (χ0v) is 11.9. The lowest BCUT2D eigenvalue weighted by Crippen LogP contribution is -2.19. The van der Waals surface area contributed by atoms with Crippen LogP contribution in [0.3, 0.4) is 0 Å². The number of hydrogen-bond donors (Lipinski definition) is 1. The van der Waals surface area contributed by atoms with Crippen molar-refractivity contribution in [1.82, 2.24) is 15.1 Å². The average molecular weight is 278 g/mol. The van der Waals surface area contributed by atoms with Gasteiger partial charge in [-0.3, -0.25) is 9.48 Å². The van der Waals surface area contributed by atoms with Crippen LogP contribution in [0.4, 0.5) is 0 Å². The second-order valence-electron chi connectivity index (χ2n) is 4.43. The maximum Gasteiger partial charge on any atom is 0.271 e. The largest absolute Gasteiger partial charge is 0.354 e. The van der Waals surface area contributed by atoms with E-state index in [0.717, 1.165) is 11.3 Å². The Kier molecular flexibility index (Phi) is 3.90. The molecule has 0 saturated heterocycles. The number of nitrogens with one attached hydrogen (secondary N) is 1. The van der Waals surface area contributed by atoms with Gasteiger partial charge in [0.15, 0.2) is 0 Å². The highest BCUT2D eigenvalue weighted by Crippen LogP contribution is 2.22. The van der Waals surface area contributed by atoms with Crippen LogP contribution in [0.25, 0.3) is 0 Å². The summed E-state index contributed by atoms with van der Waals surface area (Å²) in [7, 11) is 1.59. The lowest BCUT2D eigenvalue weighted by Gasteiger charge is -2.14. The molecule has 0 radical (unpaired) electrons. The summed E-state index contributed by atoms with van der Waals surface area (Å²) in [6.45, 7) is 3.96. The second kappa shape index (κ2) is 5.45. The van der Waals surface area contributed by atoms with Crippen molar-refractivity contribution in [2.24, 2.45) is 0 Å². The van der Waals surface area contributed by atoms with Crippen molar-refractivity contribution < 1.29 is 4.79 Å². The lowest BCUT2D eigenvalue weighted by atomic mass is 10.1. The Labute approximate surface area is 117 Å². The molecule has 0 aliphatic heterocycles. The fourth-order valence-electron chi connectivity index (χ4n) is 2.03. The molecule has 0 aliphatic rings. The molecule has 0 aliphatic carbocycles. The van der Waals surface area contributed by atoms with Gasteiger partial charge in [-0.2, -0.15) is 5.10 Å². The molecule has 2 aromatic rings. The molecule has 1 aromatic heterocycles. The average Bonchev–Trinajstić information content (AvgIpc) is 2.79. The van der Waals surface area contributed by atoms with Crippen molar-refractivity contribution in [3.63, 3.8) is 0 Å². The third kappa shape index (κ3) is 2.79. The Balaban J connectivity index is 2.36. The van der Waals surface area contributed by atoms with E-state index in [0.29, 0.717) is 10.7 Å². The van der Waals surface area contributed by atoms with E-state index in [2.05, 4.69) is 10.4 Å². The van der Waals surface area contributed by atoms with E-state index in [1.807, 2.05) is 42.8 Å². The maximum atomic E-state index is 11.6. The first-order valence-corrected chi connectivity index (χ1v) is 6.44. The fourth-order valence-corrected chi connectivity index (χ4v) is 2.23. The van der Waals surface area contributed by atoms with Crippen molar-refractivity contribution in [2.45, 2.75) is 19.9 Å². The number of rotatable bonds is 3. The first-order valence-electron chi connectivity index (χ1n) is 6.06. The van der Waals surface area contributed by atoms with Crippen molar-refractivity contribution >= 4 is 17.5 Å². The van der Waals surface area contributed by atoms with E-state index in [1.165, 1.54) is 0 Å². The van der Waals surface area contributed by atoms with Crippen LogP contribution in [0.2, 0.25) is 5.02 Å². The summed E-state index contributed by atoms with van der Waals surface area (Å²) in [6, 6.07) is 9.46. The molecule has 1 heterocycles. The maximum absolute atomic E-state index is 11.6. The lowest BCUT2D eigenvalue weighted by molar-refractivity contribution is 0.0957. The highest BCUT2D eigenvalue weighted by atomic mass is 35.5.